The summed E-state index contributed by atoms with van der Waals surface area (Å²) in [7, 11) is 0. The Bertz CT molecular complexity index is 590. The topological polar surface area (TPSA) is 38.1 Å². The summed E-state index contributed by atoms with van der Waals surface area (Å²) in [4.78, 5) is 4.24. The number of halogens is 1. The molecule has 20 heavy (non-hydrogen) atoms. The lowest BCUT2D eigenvalue weighted by Gasteiger charge is -2.37. The van der Waals surface area contributed by atoms with Crippen molar-refractivity contribution in [2.45, 2.75) is 44.7 Å². The summed E-state index contributed by atoms with van der Waals surface area (Å²) in [5.41, 5.74) is 1.10. The highest BCUT2D eigenvalue weighted by Crippen LogP contribution is 2.38. The minimum absolute atomic E-state index is 0.113. The molecule has 1 aliphatic rings. The van der Waals surface area contributed by atoms with Crippen molar-refractivity contribution in [3.8, 4) is 0 Å². The van der Waals surface area contributed by atoms with Crippen molar-refractivity contribution in [3.63, 3.8) is 0 Å². The lowest BCUT2D eigenvalue weighted by Crippen LogP contribution is -2.41. The predicted molar refractivity (Wildman–Crippen MR) is 75.0 cm³/mol. The number of benzene rings is 1. The summed E-state index contributed by atoms with van der Waals surface area (Å²) in [5, 5.41) is 3.51. The van der Waals surface area contributed by atoms with Crippen molar-refractivity contribution in [2.75, 3.05) is 0 Å². The van der Waals surface area contributed by atoms with Crippen LogP contribution in [0.1, 0.15) is 48.9 Å². The summed E-state index contributed by atoms with van der Waals surface area (Å²) < 4.78 is 18.7. The van der Waals surface area contributed by atoms with E-state index in [0.717, 1.165) is 30.1 Å². The predicted octanol–water partition coefficient (Wildman–Crippen LogP) is 3.72. The van der Waals surface area contributed by atoms with Gasteiger partial charge in [-0.25, -0.2) is 9.37 Å². The van der Waals surface area contributed by atoms with Gasteiger partial charge >= 0.3 is 0 Å². The zero-order valence-corrected chi connectivity index (χ0v) is 11.8. The molecule has 1 atom stereocenters. The molecule has 1 unspecified atom stereocenters. The van der Waals surface area contributed by atoms with Gasteiger partial charge in [0.25, 0.3) is 0 Å². The molecule has 4 heteroatoms. The Morgan fingerprint density at radius 3 is 2.85 bits per heavy atom. The molecule has 3 nitrogen and oxygen atoms in total. The highest BCUT2D eigenvalue weighted by molar-refractivity contribution is 5.23. The summed E-state index contributed by atoms with van der Waals surface area (Å²) in [6.07, 6.45) is 3.81. The molecular weight excluding hydrogens is 255 g/mol. The lowest BCUT2D eigenvalue weighted by molar-refractivity contribution is 0.254. The number of hydrogen-bond acceptors (Lipinski definition) is 3. The maximum atomic E-state index is 13.2. The van der Waals surface area contributed by atoms with E-state index < -0.39 is 0 Å². The van der Waals surface area contributed by atoms with E-state index in [1.807, 2.05) is 13.0 Å². The summed E-state index contributed by atoms with van der Waals surface area (Å²) in [5.74, 6) is 1.88. The standard InChI is InChI=1S/C16H19FN2O/c1-10-9-18-16(20-10)11(2)19-15-7-13(8-15)12-4-3-5-14(17)6-12/h3-6,9,11,13,15,19H,7-8H2,1-2H3. The molecule has 1 aromatic heterocycles. The highest BCUT2D eigenvalue weighted by atomic mass is 19.1. The molecule has 1 aliphatic carbocycles. The van der Waals surface area contributed by atoms with Crippen LogP contribution in [0.4, 0.5) is 4.39 Å². The van der Waals surface area contributed by atoms with E-state index in [4.69, 9.17) is 4.42 Å². The van der Waals surface area contributed by atoms with Gasteiger partial charge in [-0.3, -0.25) is 0 Å². The normalized spacial score (nSPS) is 23.4. The summed E-state index contributed by atoms with van der Waals surface area (Å²) in [6.45, 7) is 3.95. The first-order chi connectivity index (χ1) is 9.61. The van der Waals surface area contributed by atoms with Gasteiger partial charge in [0.05, 0.1) is 12.2 Å². The van der Waals surface area contributed by atoms with E-state index in [-0.39, 0.29) is 11.9 Å². The Kier molecular flexibility index (Phi) is 3.57. The van der Waals surface area contributed by atoms with Crippen LogP contribution in [0.15, 0.2) is 34.9 Å². The molecule has 0 saturated heterocycles. The quantitative estimate of drug-likeness (QED) is 0.923. The van der Waals surface area contributed by atoms with Crippen molar-refractivity contribution >= 4 is 0 Å². The second kappa shape index (κ2) is 5.37. The van der Waals surface area contributed by atoms with Gasteiger partial charge in [-0.05, 0) is 50.3 Å². The van der Waals surface area contributed by atoms with Crippen LogP contribution in [-0.2, 0) is 0 Å². The van der Waals surface area contributed by atoms with Crippen LogP contribution >= 0.6 is 0 Å². The lowest BCUT2D eigenvalue weighted by atomic mass is 9.75. The molecule has 0 amide bonds. The van der Waals surface area contributed by atoms with Crippen LogP contribution in [0.2, 0.25) is 0 Å². The van der Waals surface area contributed by atoms with Gasteiger partial charge in [-0.15, -0.1) is 0 Å². The second-order valence-electron chi connectivity index (χ2n) is 5.62. The molecule has 0 radical (unpaired) electrons. The first-order valence-corrected chi connectivity index (χ1v) is 7.05. The molecule has 1 fully saturated rings. The second-order valence-corrected chi connectivity index (χ2v) is 5.62. The maximum absolute atomic E-state index is 13.2. The molecule has 1 N–H and O–H groups in total. The maximum Gasteiger partial charge on any atom is 0.211 e. The number of nitrogens with one attached hydrogen (secondary N) is 1. The number of nitrogens with zero attached hydrogens (tertiary/aromatic N) is 1. The Morgan fingerprint density at radius 2 is 2.20 bits per heavy atom. The van der Waals surface area contributed by atoms with Crippen molar-refractivity contribution in [1.82, 2.24) is 10.3 Å². The SMILES string of the molecule is Cc1cnc(C(C)NC2CC(c3cccc(F)c3)C2)o1. The van der Waals surface area contributed by atoms with Gasteiger partial charge in [-0.1, -0.05) is 12.1 Å². The van der Waals surface area contributed by atoms with Crippen molar-refractivity contribution < 1.29 is 8.81 Å². The van der Waals surface area contributed by atoms with Crippen LogP contribution in [0.5, 0.6) is 0 Å². The van der Waals surface area contributed by atoms with Crippen LogP contribution in [-0.4, -0.2) is 11.0 Å². The largest absolute Gasteiger partial charge is 0.444 e. The number of hydrogen-bond donors (Lipinski definition) is 1. The Hall–Kier alpha value is -1.68. The Morgan fingerprint density at radius 1 is 1.40 bits per heavy atom. The fourth-order valence-corrected chi connectivity index (χ4v) is 2.78. The Labute approximate surface area is 118 Å². The third kappa shape index (κ3) is 2.75. The molecule has 3 rings (SSSR count). The molecular formula is C16H19FN2O. The van der Waals surface area contributed by atoms with Gasteiger partial charge in [0.2, 0.25) is 5.89 Å². The molecule has 1 saturated carbocycles. The fourth-order valence-electron chi connectivity index (χ4n) is 2.78. The highest BCUT2D eigenvalue weighted by Gasteiger charge is 2.31. The molecule has 0 spiro atoms. The van der Waals surface area contributed by atoms with Crippen LogP contribution in [0, 0.1) is 12.7 Å². The number of aromatic nitrogens is 1. The van der Waals surface area contributed by atoms with Crippen molar-refractivity contribution in [3.05, 3.63) is 53.5 Å². The summed E-state index contributed by atoms with van der Waals surface area (Å²) in [6, 6.07) is 7.48. The zero-order chi connectivity index (χ0) is 14.1. The minimum atomic E-state index is -0.150. The molecule has 1 heterocycles. The molecule has 0 aliphatic heterocycles. The zero-order valence-electron chi connectivity index (χ0n) is 11.8. The third-order valence-corrected chi connectivity index (χ3v) is 3.95. The average Bonchev–Trinajstić information content (AvgIpc) is 2.80. The Balaban J connectivity index is 1.53. The van der Waals surface area contributed by atoms with Crippen molar-refractivity contribution in [1.29, 1.82) is 0 Å². The van der Waals surface area contributed by atoms with E-state index in [1.54, 1.807) is 18.3 Å². The molecule has 0 bridgehead atoms. The summed E-state index contributed by atoms with van der Waals surface area (Å²) >= 11 is 0. The van der Waals surface area contributed by atoms with Gasteiger partial charge in [0, 0.05) is 6.04 Å². The van der Waals surface area contributed by atoms with Crippen LogP contribution in [0.3, 0.4) is 0 Å². The van der Waals surface area contributed by atoms with E-state index in [2.05, 4.69) is 17.2 Å². The third-order valence-electron chi connectivity index (χ3n) is 3.95. The van der Waals surface area contributed by atoms with E-state index >= 15 is 0 Å². The number of rotatable bonds is 4. The first kappa shape index (κ1) is 13.3. The number of oxazole rings is 1. The number of aryl methyl sites for hydroxylation is 1. The van der Waals surface area contributed by atoms with E-state index in [1.165, 1.54) is 6.07 Å². The van der Waals surface area contributed by atoms with Crippen molar-refractivity contribution in [2.24, 2.45) is 0 Å². The molecule has 106 valence electrons. The smallest absolute Gasteiger partial charge is 0.211 e. The fraction of sp³-hybridized carbons (Fsp3) is 0.438. The van der Waals surface area contributed by atoms with Crippen LogP contribution in [0.25, 0.3) is 0 Å². The van der Waals surface area contributed by atoms with Gasteiger partial charge in [0.1, 0.15) is 11.6 Å². The monoisotopic (exact) mass is 274 g/mol. The van der Waals surface area contributed by atoms with E-state index in [0.29, 0.717) is 12.0 Å². The van der Waals surface area contributed by atoms with E-state index in [9.17, 15) is 4.39 Å². The molecule has 2 aromatic rings. The van der Waals surface area contributed by atoms with Gasteiger partial charge < -0.3 is 9.73 Å². The molecule has 1 aromatic carbocycles. The van der Waals surface area contributed by atoms with Gasteiger partial charge in [0.15, 0.2) is 0 Å². The van der Waals surface area contributed by atoms with Crippen LogP contribution < -0.4 is 5.32 Å². The van der Waals surface area contributed by atoms with Gasteiger partial charge in [-0.2, -0.15) is 0 Å². The minimum Gasteiger partial charge on any atom is -0.444 e. The average molecular weight is 274 g/mol. The first-order valence-electron chi connectivity index (χ1n) is 7.05.